The van der Waals surface area contributed by atoms with E-state index < -0.39 is 0 Å². The monoisotopic (exact) mass is 251 g/mol. The first-order valence-corrected chi connectivity index (χ1v) is 7.27. The summed E-state index contributed by atoms with van der Waals surface area (Å²) in [4.78, 5) is 6.32. The van der Waals surface area contributed by atoms with Crippen molar-refractivity contribution in [3.05, 3.63) is 47.7 Å². The zero-order valence-electron chi connectivity index (χ0n) is 10.2. The lowest BCUT2D eigenvalue weighted by Gasteiger charge is -2.09. The summed E-state index contributed by atoms with van der Waals surface area (Å²) in [7, 11) is 0. The van der Waals surface area contributed by atoms with Crippen LogP contribution in [0, 0.1) is 6.92 Å². The molecule has 2 heterocycles. The fourth-order valence-corrected chi connectivity index (χ4v) is 4.09. The number of thioether (sulfide) groups is 1. The highest BCUT2D eigenvalue weighted by atomic mass is 32.2. The Hall–Kier alpha value is -1.54. The first kappa shape index (κ1) is 10.4. The van der Waals surface area contributed by atoms with Gasteiger partial charge in [0.15, 0.2) is 0 Å². The summed E-state index contributed by atoms with van der Waals surface area (Å²) in [5.41, 5.74) is 3.83. The van der Waals surface area contributed by atoms with Gasteiger partial charge in [-0.05, 0) is 24.3 Å². The molecular weight excluding hydrogens is 238 g/mol. The summed E-state index contributed by atoms with van der Waals surface area (Å²) in [6.07, 6.45) is 1.17. The molecule has 3 aromatic rings. The Morgan fingerprint density at radius 3 is 2.89 bits per heavy atom. The average molecular weight is 251 g/mol. The lowest BCUT2D eigenvalue weighted by Crippen LogP contribution is -1.93. The van der Waals surface area contributed by atoms with Gasteiger partial charge in [0.1, 0.15) is 0 Å². The van der Waals surface area contributed by atoms with Crippen molar-refractivity contribution in [2.45, 2.75) is 18.2 Å². The van der Waals surface area contributed by atoms with Crippen molar-refractivity contribution < 1.29 is 0 Å². The number of nitrogens with zero attached hydrogens (tertiary/aromatic N) is 1. The van der Waals surface area contributed by atoms with Gasteiger partial charge in [-0.1, -0.05) is 36.4 Å². The number of hydrogen-bond acceptors (Lipinski definition) is 2. The van der Waals surface area contributed by atoms with Crippen LogP contribution >= 0.6 is 11.8 Å². The van der Waals surface area contributed by atoms with Gasteiger partial charge in [0.2, 0.25) is 0 Å². The zero-order chi connectivity index (χ0) is 12.1. The fraction of sp³-hybridized carbons (Fsp3) is 0.188. The third-order valence-corrected chi connectivity index (χ3v) is 4.90. The number of aromatic nitrogens is 1. The van der Waals surface area contributed by atoms with E-state index in [9.17, 15) is 0 Å². The van der Waals surface area contributed by atoms with E-state index >= 15 is 0 Å². The number of pyridine rings is 1. The molecule has 0 fully saturated rings. The lowest BCUT2D eigenvalue weighted by atomic mass is 10.0. The van der Waals surface area contributed by atoms with Crippen LogP contribution in [-0.2, 0) is 6.42 Å². The van der Waals surface area contributed by atoms with Crippen LogP contribution in [0.25, 0.3) is 21.7 Å². The van der Waals surface area contributed by atoms with Gasteiger partial charge >= 0.3 is 0 Å². The molecule has 2 heteroatoms. The fourth-order valence-electron chi connectivity index (χ4n) is 2.84. The van der Waals surface area contributed by atoms with E-state index in [0.29, 0.717) is 0 Å². The summed E-state index contributed by atoms with van der Waals surface area (Å²) < 4.78 is 0. The van der Waals surface area contributed by atoms with Gasteiger partial charge in [0.25, 0.3) is 0 Å². The highest BCUT2D eigenvalue weighted by Crippen LogP contribution is 2.39. The Labute approximate surface area is 110 Å². The molecule has 4 rings (SSSR count). The summed E-state index contributed by atoms with van der Waals surface area (Å²) in [5.74, 6) is 1.20. The molecule has 2 aromatic carbocycles. The number of fused-ring (bicyclic) bond motifs is 5. The van der Waals surface area contributed by atoms with Crippen LogP contribution in [0.1, 0.15) is 11.3 Å². The van der Waals surface area contributed by atoms with Crippen LogP contribution in [0.15, 0.2) is 41.3 Å². The first-order valence-electron chi connectivity index (χ1n) is 6.28. The Morgan fingerprint density at radius 1 is 1.06 bits per heavy atom. The largest absolute Gasteiger partial charge is 0.252 e. The molecular formula is C16H13NS. The van der Waals surface area contributed by atoms with E-state index in [2.05, 4.69) is 43.3 Å². The summed E-state index contributed by atoms with van der Waals surface area (Å²) in [6.45, 7) is 2.14. The second-order valence-corrected chi connectivity index (χ2v) is 5.89. The molecule has 1 aliphatic rings. The number of rotatable bonds is 0. The quantitative estimate of drug-likeness (QED) is 0.551. The summed E-state index contributed by atoms with van der Waals surface area (Å²) in [6, 6.07) is 13.0. The molecule has 0 spiro atoms. The van der Waals surface area contributed by atoms with Crippen molar-refractivity contribution in [3.8, 4) is 0 Å². The van der Waals surface area contributed by atoms with E-state index in [1.807, 2.05) is 11.8 Å². The maximum atomic E-state index is 4.86. The van der Waals surface area contributed by atoms with Crippen molar-refractivity contribution in [3.63, 3.8) is 0 Å². The molecule has 0 unspecified atom stereocenters. The van der Waals surface area contributed by atoms with Crippen LogP contribution in [0.4, 0.5) is 0 Å². The second-order valence-electron chi connectivity index (χ2n) is 4.79. The van der Waals surface area contributed by atoms with Crippen LogP contribution in [0.5, 0.6) is 0 Å². The normalized spacial score (nSPS) is 14.3. The highest BCUT2D eigenvalue weighted by Gasteiger charge is 2.19. The minimum atomic E-state index is 1.17. The van der Waals surface area contributed by atoms with Gasteiger partial charge in [-0.15, -0.1) is 11.8 Å². The third kappa shape index (κ3) is 1.33. The Morgan fingerprint density at radius 2 is 1.94 bits per heavy atom. The second kappa shape index (κ2) is 3.72. The number of aryl methyl sites for hydroxylation is 1. The molecule has 0 saturated carbocycles. The topological polar surface area (TPSA) is 12.9 Å². The smallest absolute Gasteiger partial charge is 0.0794 e. The standard InChI is InChI=1S/C16H13NS/c1-10-12-8-9-18-16(12)14-7-6-11-4-2-3-5-13(11)15(14)17-10/h2-7H,8-9H2,1H3. The molecule has 0 bridgehead atoms. The molecule has 0 N–H and O–H groups in total. The molecule has 0 atom stereocenters. The number of benzene rings is 2. The van der Waals surface area contributed by atoms with E-state index in [4.69, 9.17) is 4.98 Å². The molecule has 0 saturated heterocycles. The van der Waals surface area contributed by atoms with Crippen molar-refractivity contribution in [1.29, 1.82) is 0 Å². The molecule has 0 amide bonds. The number of hydrogen-bond donors (Lipinski definition) is 0. The van der Waals surface area contributed by atoms with Crippen LogP contribution in [-0.4, -0.2) is 10.7 Å². The minimum absolute atomic E-state index is 1.17. The lowest BCUT2D eigenvalue weighted by molar-refractivity contribution is 1.07. The van der Waals surface area contributed by atoms with Crippen LogP contribution in [0.2, 0.25) is 0 Å². The van der Waals surface area contributed by atoms with Gasteiger partial charge < -0.3 is 0 Å². The van der Waals surface area contributed by atoms with Crippen molar-refractivity contribution in [2.24, 2.45) is 0 Å². The molecule has 0 aliphatic carbocycles. The first-order chi connectivity index (χ1) is 8.84. The van der Waals surface area contributed by atoms with E-state index in [0.717, 1.165) is 0 Å². The zero-order valence-corrected chi connectivity index (χ0v) is 11.1. The molecule has 1 nitrogen and oxygen atoms in total. The van der Waals surface area contributed by atoms with Gasteiger partial charge in [0.05, 0.1) is 5.52 Å². The van der Waals surface area contributed by atoms with E-state index in [1.54, 1.807) is 0 Å². The van der Waals surface area contributed by atoms with Crippen molar-refractivity contribution >= 4 is 33.4 Å². The van der Waals surface area contributed by atoms with Gasteiger partial charge in [-0.2, -0.15) is 0 Å². The molecule has 18 heavy (non-hydrogen) atoms. The molecule has 0 radical (unpaired) electrons. The van der Waals surface area contributed by atoms with Gasteiger partial charge in [0, 0.05) is 27.1 Å². The van der Waals surface area contributed by atoms with E-state index in [-0.39, 0.29) is 0 Å². The highest BCUT2D eigenvalue weighted by molar-refractivity contribution is 7.99. The SMILES string of the molecule is Cc1nc2c(ccc3ccccc32)c2c1CCS2. The Kier molecular flexibility index (Phi) is 2.15. The maximum absolute atomic E-state index is 4.86. The van der Waals surface area contributed by atoms with Crippen LogP contribution < -0.4 is 0 Å². The molecule has 1 aromatic heterocycles. The van der Waals surface area contributed by atoms with E-state index in [1.165, 1.54) is 50.0 Å². The predicted octanol–water partition coefficient (Wildman–Crippen LogP) is 4.34. The van der Waals surface area contributed by atoms with Crippen LogP contribution in [0.3, 0.4) is 0 Å². The molecule has 1 aliphatic heterocycles. The van der Waals surface area contributed by atoms with Gasteiger partial charge in [-0.25, -0.2) is 0 Å². The summed E-state index contributed by atoms with van der Waals surface area (Å²) >= 11 is 1.98. The third-order valence-electron chi connectivity index (χ3n) is 3.73. The average Bonchev–Trinajstić information content (AvgIpc) is 2.89. The Balaban J connectivity index is 2.24. The predicted molar refractivity (Wildman–Crippen MR) is 78.4 cm³/mol. The van der Waals surface area contributed by atoms with Crippen molar-refractivity contribution in [2.75, 3.05) is 5.75 Å². The maximum Gasteiger partial charge on any atom is 0.0794 e. The molecule has 88 valence electrons. The minimum Gasteiger partial charge on any atom is -0.252 e. The van der Waals surface area contributed by atoms with Crippen molar-refractivity contribution in [1.82, 2.24) is 4.98 Å². The summed E-state index contributed by atoms with van der Waals surface area (Å²) in [5, 5.41) is 3.88. The Bertz CT molecular complexity index is 777. The van der Waals surface area contributed by atoms with Gasteiger partial charge in [-0.3, -0.25) is 4.98 Å².